The summed E-state index contributed by atoms with van der Waals surface area (Å²) >= 11 is 0. The van der Waals surface area contributed by atoms with E-state index in [9.17, 15) is 23.4 Å². The molecule has 39 heavy (non-hydrogen) atoms. The molecule has 12 heteroatoms. The molecule has 3 fully saturated rings. The number of ether oxygens (including phenoxy) is 1. The summed E-state index contributed by atoms with van der Waals surface area (Å²) in [4.78, 5) is 7.99. The number of nitrogen functional groups attached to an aromatic ring is 1. The van der Waals surface area contributed by atoms with Crippen molar-refractivity contribution in [1.82, 2.24) is 24.4 Å². The summed E-state index contributed by atoms with van der Waals surface area (Å²) < 4.78 is 50.4. The number of anilines is 1. The second-order valence-corrected chi connectivity index (χ2v) is 11.1. The maximum absolute atomic E-state index is 14.8. The van der Waals surface area contributed by atoms with Gasteiger partial charge in [0.15, 0.2) is 5.82 Å². The number of aliphatic hydroxyl groups is 2. The number of halogens is 3. The lowest BCUT2D eigenvalue weighted by Gasteiger charge is -2.45. The molecular weight excluding hydrogens is 513 g/mol. The Morgan fingerprint density at radius 2 is 1.79 bits per heavy atom. The summed E-state index contributed by atoms with van der Waals surface area (Å²) in [6.07, 6.45) is -1.28. The van der Waals surface area contributed by atoms with Crippen LogP contribution in [0.1, 0.15) is 36.6 Å². The fraction of sp³-hybridized carbons (Fsp3) is 0.556. The quantitative estimate of drug-likeness (QED) is 0.431. The van der Waals surface area contributed by atoms with E-state index in [-0.39, 0.29) is 24.6 Å². The van der Waals surface area contributed by atoms with Crippen molar-refractivity contribution in [1.29, 1.82) is 0 Å². The molecule has 3 aromatic rings. The van der Waals surface area contributed by atoms with Crippen LogP contribution in [0.15, 0.2) is 42.7 Å². The molecule has 4 N–H and O–H groups in total. The minimum atomic E-state index is -2.84. The molecule has 6 rings (SSSR count). The molecule has 0 saturated carbocycles. The molecule has 3 aliphatic rings. The lowest BCUT2D eigenvalue weighted by Crippen LogP contribution is -2.55. The van der Waals surface area contributed by atoms with Gasteiger partial charge in [-0.25, -0.2) is 22.7 Å². The highest BCUT2D eigenvalue weighted by Gasteiger charge is 2.57. The summed E-state index contributed by atoms with van der Waals surface area (Å²) in [7, 11) is 0. The van der Waals surface area contributed by atoms with Crippen LogP contribution in [0.25, 0.3) is 5.52 Å². The SMILES string of the molecule is Nc1ncnn2c([C@@H]3O[C@H](CN4CC(F)(F)CC45CCN(CCc4ccc(F)cc4)CC5)[C@@H](O)[C@H]3O)ccc12. The average molecular weight is 547 g/mol. The van der Waals surface area contributed by atoms with E-state index >= 15 is 0 Å². The standard InChI is InChI=1S/C27H33F3N6O3/c28-18-3-1-17(2-4-18)7-10-34-11-8-26(9-12-34)14-27(29,30)15-35(26)13-21-22(37)23(38)24(39-21)19-5-6-20-25(31)32-16-33-36(19)20/h1-6,16,21-24,37-38H,7-15H2,(H2,31,32,33)/t21-,22-,23-,24+/m1/s1. The van der Waals surface area contributed by atoms with Gasteiger partial charge in [-0.15, -0.1) is 0 Å². The van der Waals surface area contributed by atoms with Gasteiger partial charge in [0.2, 0.25) is 0 Å². The van der Waals surface area contributed by atoms with Crippen LogP contribution >= 0.6 is 0 Å². The third kappa shape index (κ3) is 5.00. The normalized spacial score (nSPS) is 29.1. The molecule has 210 valence electrons. The van der Waals surface area contributed by atoms with Crippen LogP contribution in [-0.4, -0.2) is 97.1 Å². The minimum absolute atomic E-state index is 0.0837. The zero-order chi connectivity index (χ0) is 27.4. The van der Waals surface area contributed by atoms with Gasteiger partial charge in [0, 0.05) is 25.0 Å². The molecule has 3 saturated heterocycles. The molecular formula is C27H33F3N6O3. The molecule has 0 aliphatic carbocycles. The monoisotopic (exact) mass is 546 g/mol. The van der Waals surface area contributed by atoms with Gasteiger partial charge in [0.1, 0.15) is 36.0 Å². The number of piperidine rings is 1. The van der Waals surface area contributed by atoms with Crippen LogP contribution in [0, 0.1) is 5.82 Å². The summed E-state index contributed by atoms with van der Waals surface area (Å²) in [5, 5.41) is 25.9. The van der Waals surface area contributed by atoms with Gasteiger partial charge in [-0.1, -0.05) is 12.1 Å². The van der Waals surface area contributed by atoms with E-state index in [1.165, 1.54) is 23.0 Å². The van der Waals surface area contributed by atoms with Gasteiger partial charge in [0.05, 0.1) is 18.3 Å². The van der Waals surface area contributed by atoms with Crippen molar-refractivity contribution in [2.24, 2.45) is 0 Å². The van der Waals surface area contributed by atoms with E-state index in [1.54, 1.807) is 29.2 Å². The van der Waals surface area contributed by atoms with Crippen molar-refractivity contribution >= 4 is 11.3 Å². The van der Waals surface area contributed by atoms with Crippen molar-refractivity contribution in [2.75, 3.05) is 38.5 Å². The lowest BCUT2D eigenvalue weighted by atomic mass is 9.84. The van der Waals surface area contributed by atoms with Gasteiger partial charge in [0.25, 0.3) is 5.92 Å². The fourth-order valence-corrected chi connectivity index (χ4v) is 6.53. The molecule has 0 unspecified atom stereocenters. The highest BCUT2D eigenvalue weighted by molar-refractivity contribution is 5.65. The average Bonchev–Trinajstić information content (AvgIpc) is 3.53. The van der Waals surface area contributed by atoms with Crippen LogP contribution in [0.5, 0.6) is 0 Å². The van der Waals surface area contributed by atoms with Crippen molar-refractivity contribution in [3.8, 4) is 0 Å². The number of nitrogens with two attached hydrogens (primary N) is 1. The Labute approximate surface area is 224 Å². The topological polar surface area (TPSA) is 112 Å². The minimum Gasteiger partial charge on any atom is -0.388 e. The number of benzene rings is 1. The first-order valence-corrected chi connectivity index (χ1v) is 13.3. The van der Waals surface area contributed by atoms with Gasteiger partial charge in [-0.2, -0.15) is 5.10 Å². The third-order valence-corrected chi connectivity index (χ3v) is 8.66. The van der Waals surface area contributed by atoms with E-state index in [0.29, 0.717) is 37.1 Å². The second-order valence-electron chi connectivity index (χ2n) is 11.1. The largest absolute Gasteiger partial charge is 0.388 e. The summed E-state index contributed by atoms with van der Waals surface area (Å²) in [6, 6.07) is 9.85. The highest BCUT2D eigenvalue weighted by Crippen LogP contribution is 2.46. The van der Waals surface area contributed by atoms with E-state index in [4.69, 9.17) is 10.5 Å². The predicted molar refractivity (Wildman–Crippen MR) is 137 cm³/mol. The molecule has 1 spiro atoms. The summed E-state index contributed by atoms with van der Waals surface area (Å²) in [6.45, 7) is 1.79. The summed E-state index contributed by atoms with van der Waals surface area (Å²) in [5.74, 6) is -2.84. The first kappa shape index (κ1) is 26.5. The second kappa shape index (κ2) is 10.0. The maximum Gasteiger partial charge on any atom is 0.262 e. The Bertz CT molecular complexity index is 1310. The third-order valence-electron chi connectivity index (χ3n) is 8.66. The molecule has 5 heterocycles. The Hall–Kier alpha value is -2.77. The number of aliphatic hydroxyl groups excluding tert-OH is 2. The molecule has 1 aromatic carbocycles. The Balaban J connectivity index is 1.13. The lowest BCUT2D eigenvalue weighted by molar-refractivity contribution is -0.0403. The van der Waals surface area contributed by atoms with Crippen LogP contribution in [0.2, 0.25) is 0 Å². The van der Waals surface area contributed by atoms with Crippen LogP contribution in [0.3, 0.4) is 0 Å². The molecule has 3 aliphatic heterocycles. The number of hydrogen-bond acceptors (Lipinski definition) is 8. The Kier molecular flexibility index (Phi) is 6.79. The number of alkyl halides is 2. The maximum atomic E-state index is 14.8. The fourth-order valence-electron chi connectivity index (χ4n) is 6.53. The first-order chi connectivity index (χ1) is 18.6. The molecule has 9 nitrogen and oxygen atoms in total. The van der Waals surface area contributed by atoms with Gasteiger partial charge < -0.3 is 25.6 Å². The van der Waals surface area contributed by atoms with Crippen LogP contribution < -0.4 is 5.73 Å². The van der Waals surface area contributed by atoms with Gasteiger partial charge >= 0.3 is 0 Å². The molecule has 4 atom stereocenters. The van der Waals surface area contributed by atoms with Crippen molar-refractivity contribution < 1.29 is 28.1 Å². The number of nitrogens with zero attached hydrogens (tertiary/aromatic N) is 5. The van der Waals surface area contributed by atoms with E-state index < -0.39 is 42.4 Å². The molecule has 0 bridgehead atoms. The number of rotatable bonds is 6. The van der Waals surface area contributed by atoms with Crippen molar-refractivity contribution in [2.45, 2.75) is 61.6 Å². The van der Waals surface area contributed by atoms with E-state index in [1.807, 2.05) is 0 Å². The zero-order valence-electron chi connectivity index (χ0n) is 21.5. The number of aromatic nitrogens is 3. The van der Waals surface area contributed by atoms with Crippen molar-refractivity contribution in [3.05, 3.63) is 59.8 Å². The molecule has 0 radical (unpaired) electrons. The zero-order valence-corrected chi connectivity index (χ0v) is 21.5. The number of likely N-dealkylation sites (tertiary alicyclic amines) is 2. The molecule has 0 amide bonds. The summed E-state index contributed by atoms with van der Waals surface area (Å²) in [5.41, 5.74) is 7.30. The molecule has 2 aromatic heterocycles. The smallest absolute Gasteiger partial charge is 0.262 e. The van der Waals surface area contributed by atoms with Gasteiger partial charge in [-0.3, -0.25) is 4.90 Å². The predicted octanol–water partition coefficient (Wildman–Crippen LogP) is 2.03. The van der Waals surface area contributed by atoms with Crippen LogP contribution in [0.4, 0.5) is 19.0 Å². The Morgan fingerprint density at radius 3 is 2.54 bits per heavy atom. The highest BCUT2D eigenvalue weighted by atomic mass is 19.3. The number of fused-ring (bicyclic) bond motifs is 1. The van der Waals surface area contributed by atoms with E-state index in [2.05, 4.69) is 15.0 Å². The number of hydrogen-bond donors (Lipinski definition) is 3. The first-order valence-electron chi connectivity index (χ1n) is 13.3. The van der Waals surface area contributed by atoms with Crippen molar-refractivity contribution in [3.63, 3.8) is 0 Å². The van der Waals surface area contributed by atoms with Gasteiger partial charge in [-0.05, 0) is 62.2 Å². The van der Waals surface area contributed by atoms with Crippen LogP contribution in [-0.2, 0) is 11.2 Å². The van der Waals surface area contributed by atoms with E-state index in [0.717, 1.165) is 18.5 Å². The Morgan fingerprint density at radius 1 is 1.05 bits per heavy atom.